The van der Waals surface area contributed by atoms with Crippen LogP contribution >= 0.6 is 0 Å². The van der Waals surface area contributed by atoms with Gasteiger partial charge in [0, 0.05) is 45.6 Å². The number of anilines is 2. The van der Waals surface area contributed by atoms with Gasteiger partial charge in [0.2, 0.25) is 0 Å². The van der Waals surface area contributed by atoms with Crippen molar-refractivity contribution in [3.05, 3.63) is 120 Å². The molecule has 1 heterocycles. The number of hydrogen-bond acceptors (Lipinski definition) is 6. The zero-order valence-electron chi connectivity index (χ0n) is 20.6. The number of hydrogen-bond donors (Lipinski definition) is 7. The van der Waals surface area contributed by atoms with Crippen LogP contribution in [0.1, 0.15) is 31.8 Å². The fraction of sp³-hybridized carbons (Fsp3) is 0. The number of carbonyl (C=O) groups is 2. The zero-order chi connectivity index (χ0) is 27.5. The third-order valence-electron chi connectivity index (χ3n) is 6.32. The first-order valence-electron chi connectivity index (χ1n) is 12.0. The first-order chi connectivity index (χ1) is 18.8. The third kappa shape index (κ3) is 5.37. The maximum Gasteiger partial charge on any atom is 0.335 e. The van der Waals surface area contributed by atoms with Crippen molar-refractivity contribution in [2.75, 3.05) is 10.6 Å². The fourth-order valence-electron chi connectivity index (χ4n) is 4.16. The molecule has 0 fully saturated rings. The van der Waals surface area contributed by atoms with Crippen molar-refractivity contribution in [3.8, 4) is 0 Å². The number of nitrogens with one attached hydrogen (secondary N) is 3. The highest BCUT2D eigenvalue weighted by Crippen LogP contribution is 2.29. The quantitative estimate of drug-likeness (QED) is 0.142. The Morgan fingerprint density at radius 1 is 0.590 bits per heavy atom. The van der Waals surface area contributed by atoms with Crippen LogP contribution in [0.3, 0.4) is 0 Å². The summed E-state index contributed by atoms with van der Waals surface area (Å²) in [5, 5.41) is 26.3. The number of rotatable bonds is 8. The third-order valence-corrected chi connectivity index (χ3v) is 6.32. The summed E-state index contributed by atoms with van der Waals surface area (Å²) < 4.78 is 0. The molecule has 5 rings (SSSR count). The van der Waals surface area contributed by atoms with Crippen LogP contribution in [-0.4, -0.2) is 27.1 Å². The Balaban J connectivity index is 1.38. The van der Waals surface area contributed by atoms with E-state index in [4.69, 9.17) is 21.7 Å². The summed E-state index contributed by atoms with van der Waals surface area (Å²) in [4.78, 5) is 25.5. The lowest BCUT2D eigenvalue weighted by Gasteiger charge is -2.07. The Hall–Kier alpha value is -5.70. The molecule has 0 unspecified atom stereocenters. The summed E-state index contributed by atoms with van der Waals surface area (Å²) >= 11 is 0. The van der Waals surface area contributed by atoms with Crippen LogP contribution in [0, 0.1) is 0 Å². The minimum absolute atomic E-state index is 0.210. The molecular weight excluding hydrogens is 494 g/mol. The zero-order valence-corrected chi connectivity index (χ0v) is 20.6. The summed E-state index contributed by atoms with van der Waals surface area (Å²) in [6.07, 6.45) is 3.35. The monoisotopic (exact) mass is 519 g/mol. The van der Waals surface area contributed by atoms with E-state index in [9.17, 15) is 9.59 Å². The number of benzene rings is 4. The Labute approximate surface area is 223 Å². The van der Waals surface area contributed by atoms with Crippen LogP contribution in [-0.2, 0) is 0 Å². The van der Waals surface area contributed by atoms with Crippen molar-refractivity contribution in [3.63, 3.8) is 0 Å². The molecule has 1 aromatic heterocycles. The highest BCUT2D eigenvalue weighted by atomic mass is 16.4. The average molecular weight is 520 g/mol. The second-order valence-electron chi connectivity index (χ2n) is 8.90. The van der Waals surface area contributed by atoms with Gasteiger partial charge in [0.15, 0.2) is 0 Å². The predicted octanol–water partition coefficient (Wildman–Crippen LogP) is 5.46. The van der Waals surface area contributed by atoms with E-state index in [1.807, 2.05) is 36.4 Å². The lowest BCUT2D eigenvalue weighted by Crippen LogP contribution is -2.01. The van der Waals surface area contributed by atoms with Crippen molar-refractivity contribution >= 4 is 56.5 Å². The fourth-order valence-corrected chi connectivity index (χ4v) is 4.16. The molecule has 9 nitrogen and oxygen atoms in total. The van der Waals surface area contributed by atoms with Crippen molar-refractivity contribution in [2.45, 2.75) is 0 Å². The molecule has 194 valence electrons. The van der Waals surface area contributed by atoms with E-state index in [1.165, 1.54) is 24.3 Å². The molecule has 0 saturated carbocycles. The summed E-state index contributed by atoms with van der Waals surface area (Å²) in [7, 11) is 0. The molecule has 39 heavy (non-hydrogen) atoms. The standard InChI is InChI=1S/C30H25N5O4/c31-25(15-33-21-7-1-17(2-8-21)29(36)37)19-5-11-27-23(13-19)24-14-20(6-12-28(24)35-27)26(32)16-34-22-9-3-18(4-10-22)30(38)39/h1-16,33-35H,31-32H2,(H,36,37)(H,38,39)/b25-15-,26-16-. The summed E-state index contributed by atoms with van der Waals surface area (Å²) in [6.45, 7) is 0. The van der Waals surface area contributed by atoms with Crippen LogP contribution < -0.4 is 22.1 Å². The van der Waals surface area contributed by atoms with Crippen molar-refractivity contribution in [1.82, 2.24) is 4.98 Å². The maximum absolute atomic E-state index is 11.0. The van der Waals surface area contributed by atoms with E-state index < -0.39 is 11.9 Å². The minimum Gasteiger partial charge on any atom is -0.478 e. The van der Waals surface area contributed by atoms with E-state index in [0.29, 0.717) is 11.4 Å². The van der Waals surface area contributed by atoms with Crippen LogP contribution in [0.4, 0.5) is 11.4 Å². The highest BCUT2D eigenvalue weighted by molar-refractivity contribution is 6.09. The first kappa shape index (κ1) is 25.0. The van der Waals surface area contributed by atoms with Crippen molar-refractivity contribution in [1.29, 1.82) is 0 Å². The normalized spacial score (nSPS) is 12.0. The van der Waals surface area contributed by atoms with E-state index in [0.717, 1.165) is 44.3 Å². The minimum atomic E-state index is -0.979. The number of fused-ring (bicyclic) bond motifs is 3. The number of carboxylic acids is 2. The van der Waals surface area contributed by atoms with Gasteiger partial charge in [-0.05, 0) is 83.9 Å². The van der Waals surface area contributed by atoms with Crippen molar-refractivity contribution in [2.24, 2.45) is 11.5 Å². The summed E-state index contributed by atoms with van der Waals surface area (Å²) in [6, 6.07) is 24.6. The molecule has 0 bridgehead atoms. The van der Waals surface area contributed by atoms with Gasteiger partial charge in [0.1, 0.15) is 0 Å². The van der Waals surface area contributed by atoms with Gasteiger partial charge in [0.25, 0.3) is 0 Å². The summed E-state index contributed by atoms with van der Waals surface area (Å²) in [5.74, 6) is -1.96. The number of aromatic carboxylic acids is 2. The van der Waals surface area contributed by atoms with Gasteiger partial charge in [-0.3, -0.25) is 0 Å². The molecule has 0 radical (unpaired) electrons. The van der Waals surface area contributed by atoms with Crippen LogP contribution in [0.15, 0.2) is 97.3 Å². The Morgan fingerprint density at radius 2 is 0.949 bits per heavy atom. The second-order valence-corrected chi connectivity index (χ2v) is 8.90. The lowest BCUT2D eigenvalue weighted by atomic mass is 10.0. The Bertz CT molecular complexity index is 1640. The van der Waals surface area contributed by atoms with Gasteiger partial charge in [-0.2, -0.15) is 0 Å². The first-order valence-corrected chi connectivity index (χ1v) is 12.0. The molecule has 0 atom stereocenters. The van der Waals surface area contributed by atoms with Gasteiger partial charge in [-0.15, -0.1) is 0 Å². The molecule has 0 spiro atoms. The lowest BCUT2D eigenvalue weighted by molar-refractivity contribution is 0.0686. The smallest absolute Gasteiger partial charge is 0.335 e. The van der Waals surface area contributed by atoms with Gasteiger partial charge in [0.05, 0.1) is 22.5 Å². The van der Waals surface area contributed by atoms with Gasteiger partial charge >= 0.3 is 11.9 Å². The van der Waals surface area contributed by atoms with E-state index >= 15 is 0 Å². The molecule has 0 amide bonds. The Morgan fingerprint density at radius 3 is 1.31 bits per heavy atom. The molecule has 9 heteroatoms. The molecule has 0 aliphatic heterocycles. The average Bonchev–Trinajstić information content (AvgIpc) is 3.32. The molecule has 9 N–H and O–H groups in total. The molecule has 0 saturated heterocycles. The van der Waals surface area contributed by atoms with Gasteiger partial charge < -0.3 is 37.3 Å². The molecule has 5 aromatic rings. The number of H-pyrrole nitrogens is 1. The van der Waals surface area contributed by atoms with E-state index in [2.05, 4.69) is 15.6 Å². The number of nitrogens with two attached hydrogens (primary N) is 2. The largest absolute Gasteiger partial charge is 0.478 e. The number of carboxylic acid groups (broad SMARTS) is 2. The molecule has 0 aliphatic rings. The van der Waals surface area contributed by atoms with Crippen LogP contribution in [0.25, 0.3) is 33.2 Å². The van der Waals surface area contributed by atoms with Crippen molar-refractivity contribution < 1.29 is 19.8 Å². The van der Waals surface area contributed by atoms with Crippen LogP contribution in [0.5, 0.6) is 0 Å². The van der Waals surface area contributed by atoms with Gasteiger partial charge in [-0.25, -0.2) is 9.59 Å². The number of aromatic amines is 1. The topological polar surface area (TPSA) is 166 Å². The second kappa shape index (κ2) is 10.3. The highest BCUT2D eigenvalue weighted by Gasteiger charge is 2.09. The SMILES string of the molecule is N/C(=C\Nc1ccc(C(=O)O)cc1)c1ccc2[nH]c3ccc(/C(N)=C/Nc4ccc(C(=O)O)cc4)cc3c2c1. The Kier molecular flexibility index (Phi) is 6.63. The molecule has 0 aliphatic carbocycles. The van der Waals surface area contributed by atoms with Crippen LogP contribution in [0.2, 0.25) is 0 Å². The summed E-state index contributed by atoms with van der Waals surface area (Å²) in [5.41, 5.74) is 19.1. The van der Waals surface area contributed by atoms with E-state index in [-0.39, 0.29) is 11.1 Å². The molecular formula is C30H25N5O4. The predicted molar refractivity (Wildman–Crippen MR) is 154 cm³/mol. The van der Waals surface area contributed by atoms with Gasteiger partial charge in [-0.1, -0.05) is 12.1 Å². The van der Waals surface area contributed by atoms with E-state index in [1.54, 1.807) is 36.7 Å². The maximum atomic E-state index is 11.0. The molecule has 4 aromatic carbocycles. The number of aromatic nitrogens is 1.